The van der Waals surface area contributed by atoms with E-state index in [1.54, 1.807) is 13.2 Å². The van der Waals surface area contributed by atoms with Crippen LogP contribution < -0.4 is 4.90 Å². The van der Waals surface area contributed by atoms with E-state index in [4.69, 9.17) is 4.42 Å². The molecule has 140 valence electrons. The average Bonchev–Trinajstić information content (AvgIpc) is 3.24. The summed E-state index contributed by atoms with van der Waals surface area (Å²) in [4.78, 5) is 27.7. The number of hydrogen-bond donors (Lipinski definition) is 1. The van der Waals surface area contributed by atoms with Gasteiger partial charge in [-0.3, -0.25) is 9.59 Å². The van der Waals surface area contributed by atoms with Crippen LogP contribution in [0.25, 0.3) is 0 Å². The Kier molecular flexibility index (Phi) is 5.32. The Morgan fingerprint density at radius 2 is 1.96 bits per heavy atom. The summed E-state index contributed by atoms with van der Waals surface area (Å²) in [5.74, 6) is 1.17. The summed E-state index contributed by atoms with van der Waals surface area (Å²) in [6.07, 6.45) is 1.67. The van der Waals surface area contributed by atoms with Crippen LogP contribution in [-0.2, 0) is 11.3 Å². The molecule has 0 aromatic carbocycles. The maximum absolute atomic E-state index is 13.1. The van der Waals surface area contributed by atoms with Crippen LogP contribution in [0.1, 0.15) is 41.4 Å². The molecule has 3 rings (SSSR count). The number of nitrogens with one attached hydrogen (secondary N) is 1. The quantitative estimate of drug-likeness (QED) is 0.814. The zero-order valence-electron chi connectivity index (χ0n) is 16.0. The van der Waals surface area contributed by atoms with Crippen LogP contribution >= 0.6 is 0 Å². The van der Waals surface area contributed by atoms with Gasteiger partial charge in [-0.05, 0) is 39.0 Å². The van der Waals surface area contributed by atoms with Gasteiger partial charge < -0.3 is 18.8 Å². The molecule has 1 aliphatic rings. The Bertz CT molecular complexity index is 784. The van der Waals surface area contributed by atoms with Crippen LogP contribution in [0.3, 0.4) is 0 Å². The molecule has 26 heavy (non-hydrogen) atoms. The lowest BCUT2D eigenvalue weighted by Gasteiger charge is -2.34. The Labute approximate surface area is 154 Å². The third-order valence-electron chi connectivity index (χ3n) is 5.59. The maximum Gasteiger partial charge on any atom is 0.221 e. The lowest BCUT2D eigenvalue weighted by atomic mass is 10.0. The van der Waals surface area contributed by atoms with Crippen molar-refractivity contribution in [1.82, 2.24) is 9.47 Å². The number of hydrogen-bond acceptors (Lipinski definition) is 3. The fourth-order valence-electron chi connectivity index (χ4n) is 3.81. The van der Waals surface area contributed by atoms with E-state index >= 15 is 0 Å². The van der Waals surface area contributed by atoms with Gasteiger partial charge >= 0.3 is 0 Å². The van der Waals surface area contributed by atoms with Crippen molar-refractivity contribution in [3.63, 3.8) is 0 Å². The number of furan rings is 1. The van der Waals surface area contributed by atoms with Gasteiger partial charge in [0.05, 0.1) is 39.0 Å². The number of aryl methyl sites for hydroxylation is 1. The largest absolute Gasteiger partial charge is 0.467 e. The van der Waals surface area contributed by atoms with Crippen molar-refractivity contribution in [3.05, 3.63) is 47.2 Å². The first-order chi connectivity index (χ1) is 12.4. The summed E-state index contributed by atoms with van der Waals surface area (Å²) in [5.41, 5.74) is 2.84. The molecule has 3 heterocycles. The Balaban J connectivity index is 1.72. The third kappa shape index (κ3) is 3.60. The minimum absolute atomic E-state index is 0.110. The van der Waals surface area contributed by atoms with Crippen LogP contribution in [0.2, 0.25) is 0 Å². The molecular formula is C20H28N3O3+. The Hall–Kier alpha value is -2.34. The second kappa shape index (κ2) is 7.50. The minimum atomic E-state index is -0.110. The number of carbonyl (C=O) groups is 2. The van der Waals surface area contributed by atoms with Gasteiger partial charge in [0.1, 0.15) is 11.8 Å². The molecule has 0 saturated carbocycles. The molecule has 6 nitrogen and oxygen atoms in total. The van der Waals surface area contributed by atoms with E-state index < -0.39 is 0 Å². The Morgan fingerprint density at radius 3 is 2.54 bits per heavy atom. The zero-order valence-corrected chi connectivity index (χ0v) is 16.0. The normalized spacial score (nSPS) is 16.7. The third-order valence-corrected chi connectivity index (χ3v) is 5.59. The van der Waals surface area contributed by atoms with Gasteiger partial charge in [-0.25, -0.2) is 0 Å². The fraction of sp³-hybridized carbons (Fsp3) is 0.500. The van der Waals surface area contributed by atoms with E-state index in [2.05, 4.69) is 4.57 Å². The summed E-state index contributed by atoms with van der Waals surface area (Å²) in [6.45, 7) is 11.3. The van der Waals surface area contributed by atoms with E-state index in [1.807, 2.05) is 43.9 Å². The van der Waals surface area contributed by atoms with E-state index in [1.165, 1.54) is 4.90 Å². The van der Waals surface area contributed by atoms with Gasteiger partial charge in [-0.2, -0.15) is 0 Å². The number of amides is 1. The number of rotatable bonds is 5. The summed E-state index contributed by atoms with van der Waals surface area (Å²) in [5, 5.41) is 0. The van der Waals surface area contributed by atoms with Crippen LogP contribution in [-0.4, -0.2) is 53.4 Å². The standard InChI is InChI=1S/C20H27N3O3/c1-14-12-19(15(2)23(14)13-18-6-5-11-26-18)20(25)16(3)21-7-9-22(10-8-21)17(4)24/h5-6,11-12,16H,7-10,13H2,1-4H3/p+1/t16-/m1/s1. The fourth-order valence-corrected chi connectivity index (χ4v) is 3.81. The van der Waals surface area contributed by atoms with Crippen molar-refractivity contribution in [2.45, 2.75) is 40.3 Å². The predicted octanol–water partition coefficient (Wildman–Crippen LogP) is 1.06. The summed E-state index contributed by atoms with van der Waals surface area (Å²) < 4.78 is 7.57. The van der Waals surface area contributed by atoms with E-state index in [0.717, 1.165) is 48.9 Å². The minimum Gasteiger partial charge on any atom is -0.467 e. The van der Waals surface area contributed by atoms with Crippen molar-refractivity contribution in [2.75, 3.05) is 26.2 Å². The highest BCUT2D eigenvalue weighted by Crippen LogP contribution is 2.18. The first-order valence-corrected chi connectivity index (χ1v) is 9.22. The van der Waals surface area contributed by atoms with Gasteiger partial charge in [-0.1, -0.05) is 0 Å². The summed E-state index contributed by atoms with van der Waals surface area (Å²) in [7, 11) is 0. The molecule has 1 saturated heterocycles. The number of aromatic nitrogens is 1. The molecule has 2 aromatic heterocycles. The summed E-state index contributed by atoms with van der Waals surface area (Å²) >= 11 is 0. The van der Waals surface area contributed by atoms with E-state index in [0.29, 0.717) is 6.54 Å². The van der Waals surface area contributed by atoms with Gasteiger partial charge in [0.2, 0.25) is 11.7 Å². The predicted molar refractivity (Wildman–Crippen MR) is 98.5 cm³/mol. The number of piperazine rings is 1. The monoisotopic (exact) mass is 358 g/mol. The molecule has 1 aliphatic heterocycles. The highest BCUT2D eigenvalue weighted by molar-refractivity contribution is 6.00. The first-order valence-electron chi connectivity index (χ1n) is 9.22. The second-order valence-electron chi connectivity index (χ2n) is 7.20. The van der Waals surface area contributed by atoms with Crippen molar-refractivity contribution in [2.24, 2.45) is 0 Å². The lowest BCUT2D eigenvalue weighted by molar-refractivity contribution is -0.917. The second-order valence-corrected chi connectivity index (χ2v) is 7.20. The molecule has 6 heteroatoms. The Morgan fingerprint density at radius 1 is 1.27 bits per heavy atom. The molecule has 0 unspecified atom stereocenters. The van der Waals surface area contributed by atoms with Crippen molar-refractivity contribution in [1.29, 1.82) is 0 Å². The number of nitrogens with zero attached hydrogens (tertiary/aromatic N) is 2. The van der Waals surface area contributed by atoms with Crippen LogP contribution in [0.15, 0.2) is 28.9 Å². The zero-order chi connectivity index (χ0) is 18.8. The van der Waals surface area contributed by atoms with Crippen molar-refractivity contribution < 1.29 is 18.9 Å². The molecule has 1 amide bonds. The van der Waals surface area contributed by atoms with Gasteiger partial charge in [0.15, 0.2) is 0 Å². The maximum atomic E-state index is 13.1. The smallest absolute Gasteiger partial charge is 0.221 e. The molecule has 0 aliphatic carbocycles. The lowest BCUT2D eigenvalue weighted by Crippen LogP contribution is -3.18. The van der Waals surface area contributed by atoms with Crippen LogP contribution in [0, 0.1) is 13.8 Å². The molecule has 1 atom stereocenters. The van der Waals surface area contributed by atoms with Crippen LogP contribution in [0.5, 0.6) is 0 Å². The van der Waals surface area contributed by atoms with E-state index in [-0.39, 0.29) is 17.7 Å². The molecule has 0 radical (unpaired) electrons. The number of ketones is 1. The highest BCUT2D eigenvalue weighted by atomic mass is 16.3. The molecular weight excluding hydrogens is 330 g/mol. The number of Topliss-reactive ketones (excluding diaryl/α,β-unsaturated/α-hetero) is 1. The number of quaternary nitrogens is 1. The molecule has 2 aromatic rings. The van der Waals surface area contributed by atoms with Crippen molar-refractivity contribution >= 4 is 11.7 Å². The first kappa shape index (κ1) is 18.5. The van der Waals surface area contributed by atoms with Gasteiger partial charge in [-0.15, -0.1) is 0 Å². The molecule has 1 N–H and O–H groups in total. The summed E-state index contributed by atoms with van der Waals surface area (Å²) in [6, 6.07) is 5.70. The topological polar surface area (TPSA) is 59.9 Å². The number of carbonyl (C=O) groups excluding carboxylic acids is 2. The van der Waals surface area contributed by atoms with Gasteiger partial charge in [0.25, 0.3) is 0 Å². The molecule has 0 bridgehead atoms. The highest BCUT2D eigenvalue weighted by Gasteiger charge is 2.32. The van der Waals surface area contributed by atoms with Gasteiger partial charge in [0, 0.05) is 23.9 Å². The SMILES string of the molecule is CC(=O)N1CC[NH+]([C@H](C)C(=O)c2cc(C)n(Cc3ccco3)c2C)CC1. The molecule has 1 fully saturated rings. The molecule has 0 spiro atoms. The average molecular weight is 358 g/mol. The van der Waals surface area contributed by atoms with E-state index in [9.17, 15) is 9.59 Å². The van der Waals surface area contributed by atoms with Crippen LogP contribution in [0.4, 0.5) is 0 Å². The van der Waals surface area contributed by atoms with Crippen molar-refractivity contribution in [3.8, 4) is 0 Å².